The normalized spacial score (nSPS) is 10.9. The van der Waals surface area contributed by atoms with Gasteiger partial charge in [-0.05, 0) is 37.3 Å². The topological polar surface area (TPSA) is 128 Å². The molecule has 0 spiro atoms. The number of nitrogens with one attached hydrogen (secondary N) is 1. The summed E-state index contributed by atoms with van der Waals surface area (Å²) in [7, 11) is 1.46. The maximum Gasteiger partial charge on any atom is 0.335 e. The van der Waals surface area contributed by atoms with E-state index in [-0.39, 0.29) is 34.0 Å². The van der Waals surface area contributed by atoms with Crippen molar-refractivity contribution >= 4 is 34.4 Å². The average Bonchev–Trinajstić information content (AvgIpc) is 3.44. The largest absolute Gasteiger partial charge is 0.497 e. The number of carboxylic acid groups (broad SMARTS) is 1. The number of fused-ring (bicyclic) bond motifs is 1. The summed E-state index contributed by atoms with van der Waals surface area (Å²) in [6, 6.07) is 7.02. The van der Waals surface area contributed by atoms with Gasteiger partial charge in [-0.1, -0.05) is 5.21 Å². The first-order chi connectivity index (χ1) is 16.2. The van der Waals surface area contributed by atoms with E-state index in [4.69, 9.17) is 4.74 Å². The quantitative estimate of drug-likeness (QED) is 0.444. The van der Waals surface area contributed by atoms with Gasteiger partial charge in [-0.3, -0.25) is 18.8 Å². The second-order valence-electron chi connectivity index (χ2n) is 7.42. The van der Waals surface area contributed by atoms with E-state index in [1.807, 2.05) is 6.92 Å². The molecule has 0 aliphatic rings. The molecule has 0 aliphatic heterocycles. The molecule has 4 aromatic rings. The number of ether oxygens (including phenoxy) is 1. The minimum Gasteiger partial charge on any atom is -0.497 e. The van der Waals surface area contributed by atoms with Gasteiger partial charge in [-0.15, -0.1) is 5.10 Å². The highest BCUT2D eigenvalue weighted by molar-refractivity contribution is 6.15. The van der Waals surface area contributed by atoms with Crippen molar-refractivity contribution in [2.75, 3.05) is 12.4 Å². The third-order valence-electron chi connectivity index (χ3n) is 5.30. The van der Waals surface area contributed by atoms with Crippen molar-refractivity contribution in [2.45, 2.75) is 20.4 Å². The van der Waals surface area contributed by atoms with E-state index in [0.717, 1.165) is 12.1 Å². The van der Waals surface area contributed by atoms with Crippen LogP contribution in [0.25, 0.3) is 22.2 Å². The molecule has 2 aromatic carbocycles. The molecule has 0 bridgehead atoms. The van der Waals surface area contributed by atoms with Crippen LogP contribution in [0.3, 0.4) is 0 Å². The van der Waals surface area contributed by atoms with Crippen molar-refractivity contribution in [3.63, 3.8) is 0 Å². The number of carbonyl (C=O) groups excluding carboxylic acids is 2. The number of aromatic nitrogens is 4. The molecule has 0 fully saturated rings. The van der Waals surface area contributed by atoms with Crippen LogP contribution >= 0.6 is 0 Å². The van der Waals surface area contributed by atoms with Gasteiger partial charge in [-0.2, -0.15) is 0 Å². The number of halogens is 1. The first-order valence-corrected chi connectivity index (χ1v) is 10.2. The molecule has 11 heteroatoms. The number of anilines is 1. The number of hydrogen-bond acceptors (Lipinski definition) is 6. The molecule has 2 heterocycles. The molecule has 174 valence electrons. The summed E-state index contributed by atoms with van der Waals surface area (Å²) in [5, 5.41) is 20.1. The predicted molar refractivity (Wildman–Crippen MR) is 121 cm³/mol. The fraction of sp³-hybridized carbons (Fsp3) is 0.174. The van der Waals surface area contributed by atoms with Gasteiger partial charge < -0.3 is 15.2 Å². The number of carbonyl (C=O) groups is 3. The monoisotopic (exact) mass is 465 g/mol. The average molecular weight is 465 g/mol. The summed E-state index contributed by atoms with van der Waals surface area (Å²) in [5.41, 5.74) is -0.0421. The molecule has 2 N–H and O–H groups in total. The van der Waals surface area contributed by atoms with Crippen LogP contribution in [-0.4, -0.2) is 49.6 Å². The Kier molecular flexibility index (Phi) is 5.84. The Labute approximate surface area is 192 Å². The minimum absolute atomic E-state index is 0.0858. The van der Waals surface area contributed by atoms with Crippen molar-refractivity contribution < 1.29 is 28.6 Å². The van der Waals surface area contributed by atoms with Crippen LogP contribution < -0.4 is 10.1 Å². The van der Waals surface area contributed by atoms with E-state index in [1.165, 1.54) is 35.7 Å². The van der Waals surface area contributed by atoms with E-state index in [9.17, 15) is 19.5 Å². The Bertz CT molecular complexity index is 1460. The zero-order valence-electron chi connectivity index (χ0n) is 18.5. The molecule has 34 heavy (non-hydrogen) atoms. The molecule has 2 aromatic heterocycles. The molecule has 0 atom stereocenters. The van der Waals surface area contributed by atoms with Gasteiger partial charge in [0, 0.05) is 30.6 Å². The third kappa shape index (κ3) is 3.98. The Morgan fingerprint density at radius 2 is 1.94 bits per heavy atom. The molecule has 0 radical (unpaired) electrons. The summed E-state index contributed by atoms with van der Waals surface area (Å²) in [4.78, 5) is 36.9. The van der Waals surface area contributed by atoms with Crippen LogP contribution in [0.5, 0.6) is 5.75 Å². The van der Waals surface area contributed by atoms with Gasteiger partial charge in [0.05, 0.1) is 35.6 Å². The number of aryl methyl sites for hydroxylation is 1. The summed E-state index contributed by atoms with van der Waals surface area (Å²) in [5.74, 6) is -2.77. The van der Waals surface area contributed by atoms with E-state index in [0.29, 0.717) is 23.2 Å². The number of hydrogen-bond donors (Lipinski definition) is 2. The highest BCUT2D eigenvalue weighted by Crippen LogP contribution is 2.31. The van der Waals surface area contributed by atoms with Crippen LogP contribution in [0.15, 0.2) is 42.7 Å². The lowest BCUT2D eigenvalue weighted by molar-refractivity contribution is 0.0696. The van der Waals surface area contributed by atoms with E-state index in [1.54, 1.807) is 18.2 Å². The molecule has 0 aliphatic carbocycles. The fourth-order valence-corrected chi connectivity index (χ4v) is 3.57. The Morgan fingerprint density at radius 3 is 2.56 bits per heavy atom. The van der Waals surface area contributed by atoms with Crippen LogP contribution in [-0.2, 0) is 6.54 Å². The number of benzene rings is 2. The molecular weight excluding hydrogens is 445 g/mol. The van der Waals surface area contributed by atoms with Crippen LogP contribution in [0, 0.1) is 5.82 Å². The van der Waals surface area contributed by atoms with Crippen LogP contribution in [0.1, 0.15) is 39.4 Å². The third-order valence-corrected chi connectivity index (χ3v) is 5.30. The smallest absolute Gasteiger partial charge is 0.335 e. The maximum absolute atomic E-state index is 15.4. The fourth-order valence-electron chi connectivity index (χ4n) is 3.57. The van der Waals surface area contributed by atoms with Gasteiger partial charge in [0.15, 0.2) is 5.82 Å². The number of carboxylic acids is 1. The summed E-state index contributed by atoms with van der Waals surface area (Å²) in [6.07, 6.45) is 2.82. The Morgan fingerprint density at radius 1 is 1.18 bits per heavy atom. The lowest BCUT2D eigenvalue weighted by Crippen LogP contribution is -2.14. The first kappa shape index (κ1) is 22.6. The van der Waals surface area contributed by atoms with Gasteiger partial charge >= 0.3 is 5.97 Å². The zero-order chi connectivity index (χ0) is 24.6. The van der Waals surface area contributed by atoms with Crippen LogP contribution in [0.2, 0.25) is 0 Å². The van der Waals surface area contributed by atoms with Crippen molar-refractivity contribution in [3.8, 4) is 17.0 Å². The number of nitrogens with zero attached hydrogens (tertiary/aromatic N) is 4. The van der Waals surface area contributed by atoms with Gasteiger partial charge in [0.2, 0.25) is 5.91 Å². The molecule has 0 saturated carbocycles. The maximum atomic E-state index is 15.4. The molecule has 0 saturated heterocycles. The second kappa shape index (κ2) is 8.77. The molecule has 1 amide bonds. The Hall–Kier alpha value is -4.54. The lowest BCUT2D eigenvalue weighted by atomic mass is 10.1. The number of amides is 1. The standard InChI is InChI=1S/C23H20FN5O5/c1-4-28-11-19(26-27-28)16-7-13(23(32)33)8-18(21(16)24)25-22(31)17-10-29(12(2)30)20-6-5-14(34-3)9-15(17)20/h5-11H,4H2,1-3H3,(H,25,31)(H,32,33). The predicted octanol–water partition coefficient (Wildman–Crippen LogP) is 3.68. The minimum atomic E-state index is -1.31. The van der Waals surface area contributed by atoms with Gasteiger partial charge in [-0.25, -0.2) is 9.18 Å². The summed E-state index contributed by atoms with van der Waals surface area (Å²) < 4.78 is 23.4. The van der Waals surface area contributed by atoms with E-state index >= 15 is 4.39 Å². The highest BCUT2D eigenvalue weighted by Gasteiger charge is 2.22. The first-order valence-electron chi connectivity index (χ1n) is 10.2. The number of aromatic carboxylic acids is 1. The highest BCUT2D eigenvalue weighted by atomic mass is 19.1. The second-order valence-corrected chi connectivity index (χ2v) is 7.42. The zero-order valence-corrected chi connectivity index (χ0v) is 18.5. The van der Waals surface area contributed by atoms with E-state index in [2.05, 4.69) is 15.6 Å². The van der Waals surface area contributed by atoms with Crippen molar-refractivity contribution in [1.82, 2.24) is 19.6 Å². The number of rotatable bonds is 6. The molecule has 0 unspecified atom stereocenters. The van der Waals surface area contributed by atoms with Gasteiger partial charge in [0.25, 0.3) is 5.91 Å². The van der Waals surface area contributed by atoms with Crippen LogP contribution in [0.4, 0.5) is 10.1 Å². The van der Waals surface area contributed by atoms with Crippen molar-refractivity contribution in [1.29, 1.82) is 0 Å². The number of methoxy groups -OCH3 is 1. The Balaban J connectivity index is 1.81. The van der Waals surface area contributed by atoms with E-state index < -0.39 is 17.7 Å². The summed E-state index contributed by atoms with van der Waals surface area (Å²) >= 11 is 0. The molecular formula is C23H20FN5O5. The SMILES string of the molecule is CCn1cc(-c2cc(C(=O)O)cc(NC(=O)c3cn(C(C)=O)c4ccc(OC)cc34)c2F)nn1. The molecule has 10 nitrogen and oxygen atoms in total. The van der Waals surface area contributed by atoms with Crippen molar-refractivity contribution in [2.24, 2.45) is 0 Å². The summed E-state index contributed by atoms with van der Waals surface area (Å²) in [6.45, 7) is 3.65. The lowest BCUT2D eigenvalue weighted by Gasteiger charge is -2.10. The van der Waals surface area contributed by atoms with Crippen molar-refractivity contribution in [3.05, 3.63) is 59.7 Å². The van der Waals surface area contributed by atoms with Gasteiger partial charge in [0.1, 0.15) is 11.4 Å². The molecule has 4 rings (SSSR count).